The summed E-state index contributed by atoms with van der Waals surface area (Å²) in [6.07, 6.45) is 0.559. The molecule has 0 saturated heterocycles. The number of hydrogen-bond acceptors (Lipinski definition) is 4. The van der Waals surface area contributed by atoms with Crippen molar-refractivity contribution in [3.05, 3.63) is 42.1 Å². The van der Waals surface area contributed by atoms with Gasteiger partial charge in [0.05, 0.1) is 0 Å². The smallest absolute Gasteiger partial charge is 0.276 e. The van der Waals surface area contributed by atoms with Gasteiger partial charge < -0.3 is 14.5 Å². The quantitative estimate of drug-likeness (QED) is 0.876. The van der Waals surface area contributed by atoms with Crippen LogP contribution in [0.25, 0.3) is 11.3 Å². The average Bonchev–Trinajstić information content (AvgIpc) is 2.98. The Morgan fingerprint density at radius 2 is 2.10 bits per heavy atom. The highest BCUT2D eigenvalue weighted by Gasteiger charge is 2.18. The number of aromatic nitrogens is 1. The predicted molar refractivity (Wildman–Crippen MR) is 75.2 cm³/mol. The van der Waals surface area contributed by atoms with Gasteiger partial charge in [0.25, 0.3) is 5.91 Å². The van der Waals surface area contributed by atoms with Crippen LogP contribution in [-0.4, -0.2) is 40.8 Å². The average molecular weight is 274 g/mol. The number of aliphatic hydroxyl groups is 1. The SMILES string of the molecule is CCN(CCCO)C(=O)c1cc(-c2ccccc2)on1. The van der Waals surface area contributed by atoms with E-state index in [0.29, 0.717) is 31.0 Å². The fraction of sp³-hybridized carbons (Fsp3) is 0.333. The molecule has 5 heteroatoms. The number of rotatable bonds is 6. The fourth-order valence-corrected chi connectivity index (χ4v) is 1.94. The van der Waals surface area contributed by atoms with E-state index in [1.165, 1.54) is 0 Å². The highest BCUT2D eigenvalue weighted by Crippen LogP contribution is 2.20. The lowest BCUT2D eigenvalue weighted by Gasteiger charge is -2.18. The van der Waals surface area contributed by atoms with Crippen LogP contribution in [0.2, 0.25) is 0 Å². The molecule has 1 N–H and O–H groups in total. The lowest BCUT2D eigenvalue weighted by molar-refractivity contribution is 0.0744. The number of carbonyl (C=O) groups excluding carboxylic acids is 1. The first-order valence-electron chi connectivity index (χ1n) is 6.68. The molecule has 0 radical (unpaired) electrons. The Balaban J connectivity index is 2.13. The number of aliphatic hydroxyl groups excluding tert-OH is 1. The van der Waals surface area contributed by atoms with Crippen LogP contribution >= 0.6 is 0 Å². The van der Waals surface area contributed by atoms with E-state index in [1.54, 1.807) is 11.0 Å². The van der Waals surface area contributed by atoms with Gasteiger partial charge in [-0.1, -0.05) is 35.5 Å². The normalized spacial score (nSPS) is 10.5. The van der Waals surface area contributed by atoms with Gasteiger partial charge in [0, 0.05) is 31.3 Å². The number of benzene rings is 1. The lowest BCUT2D eigenvalue weighted by Crippen LogP contribution is -2.32. The Labute approximate surface area is 117 Å². The summed E-state index contributed by atoms with van der Waals surface area (Å²) in [6, 6.07) is 11.2. The number of hydrogen-bond donors (Lipinski definition) is 1. The van der Waals surface area contributed by atoms with Crippen LogP contribution in [0.1, 0.15) is 23.8 Å². The van der Waals surface area contributed by atoms with Gasteiger partial charge in [-0.2, -0.15) is 0 Å². The molecule has 2 aromatic rings. The summed E-state index contributed by atoms with van der Waals surface area (Å²) < 4.78 is 5.22. The van der Waals surface area contributed by atoms with Gasteiger partial charge in [-0.15, -0.1) is 0 Å². The maximum Gasteiger partial charge on any atom is 0.276 e. The fourth-order valence-electron chi connectivity index (χ4n) is 1.94. The van der Waals surface area contributed by atoms with Crippen molar-refractivity contribution in [3.8, 4) is 11.3 Å². The third kappa shape index (κ3) is 3.24. The lowest BCUT2D eigenvalue weighted by atomic mass is 10.1. The molecule has 5 nitrogen and oxygen atoms in total. The standard InChI is InChI=1S/C15H18N2O3/c1-2-17(9-6-10-18)15(19)13-11-14(20-16-13)12-7-4-3-5-8-12/h3-5,7-8,11,18H,2,6,9-10H2,1H3. The first kappa shape index (κ1) is 14.3. The molecule has 1 heterocycles. The van der Waals surface area contributed by atoms with Crippen LogP contribution in [-0.2, 0) is 0 Å². The summed E-state index contributed by atoms with van der Waals surface area (Å²) in [7, 11) is 0. The molecule has 1 aromatic heterocycles. The molecule has 0 spiro atoms. The molecular weight excluding hydrogens is 256 g/mol. The number of carbonyl (C=O) groups is 1. The van der Waals surface area contributed by atoms with Crippen molar-refractivity contribution in [2.24, 2.45) is 0 Å². The van der Waals surface area contributed by atoms with Crippen molar-refractivity contribution in [3.63, 3.8) is 0 Å². The Morgan fingerprint density at radius 1 is 1.35 bits per heavy atom. The second-order valence-corrected chi connectivity index (χ2v) is 4.40. The molecule has 0 bridgehead atoms. The predicted octanol–water partition coefficient (Wildman–Crippen LogP) is 2.19. The first-order valence-corrected chi connectivity index (χ1v) is 6.68. The molecule has 0 atom stereocenters. The maximum atomic E-state index is 12.2. The molecule has 0 aliphatic carbocycles. The van der Waals surface area contributed by atoms with Gasteiger partial charge in [0.1, 0.15) is 0 Å². The van der Waals surface area contributed by atoms with Crippen LogP contribution in [0.3, 0.4) is 0 Å². The Hall–Kier alpha value is -2.14. The third-order valence-electron chi connectivity index (χ3n) is 3.04. The summed E-state index contributed by atoms with van der Waals surface area (Å²) in [6.45, 7) is 3.05. The zero-order valence-electron chi connectivity index (χ0n) is 11.5. The van der Waals surface area contributed by atoms with Crippen LogP contribution in [0.4, 0.5) is 0 Å². The van der Waals surface area contributed by atoms with E-state index < -0.39 is 0 Å². The van der Waals surface area contributed by atoms with E-state index in [0.717, 1.165) is 5.56 Å². The van der Waals surface area contributed by atoms with E-state index >= 15 is 0 Å². The van der Waals surface area contributed by atoms with Gasteiger partial charge in [-0.05, 0) is 13.3 Å². The molecular formula is C15H18N2O3. The second kappa shape index (κ2) is 6.86. The first-order chi connectivity index (χ1) is 9.76. The minimum atomic E-state index is -0.174. The van der Waals surface area contributed by atoms with Crippen LogP contribution in [0.5, 0.6) is 0 Å². The van der Waals surface area contributed by atoms with E-state index in [2.05, 4.69) is 5.16 Å². The number of amides is 1. The Morgan fingerprint density at radius 3 is 2.75 bits per heavy atom. The van der Waals surface area contributed by atoms with Crippen molar-refractivity contribution in [1.29, 1.82) is 0 Å². The molecule has 20 heavy (non-hydrogen) atoms. The monoisotopic (exact) mass is 274 g/mol. The van der Waals surface area contributed by atoms with Crippen LogP contribution in [0.15, 0.2) is 40.9 Å². The molecule has 0 aliphatic rings. The molecule has 1 aromatic carbocycles. The van der Waals surface area contributed by atoms with Crippen molar-refractivity contribution < 1.29 is 14.4 Å². The van der Waals surface area contributed by atoms with E-state index in [-0.39, 0.29) is 12.5 Å². The van der Waals surface area contributed by atoms with Gasteiger partial charge >= 0.3 is 0 Å². The van der Waals surface area contributed by atoms with Crippen molar-refractivity contribution in [2.45, 2.75) is 13.3 Å². The zero-order chi connectivity index (χ0) is 14.4. The van der Waals surface area contributed by atoms with Gasteiger partial charge in [-0.3, -0.25) is 4.79 Å². The topological polar surface area (TPSA) is 66.6 Å². The summed E-state index contributed by atoms with van der Waals surface area (Å²) >= 11 is 0. The summed E-state index contributed by atoms with van der Waals surface area (Å²) in [5.41, 5.74) is 1.18. The second-order valence-electron chi connectivity index (χ2n) is 4.40. The minimum absolute atomic E-state index is 0.0673. The van der Waals surface area contributed by atoms with E-state index in [9.17, 15) is 4.79 Å². The molecule has 2 rings (SSSR count). The summed E-state index contributed by atoms with van der Waals surface area (Å²) in [4.78, 5) is 13.9. The largest absolute Gasteiger partial charge is 0.396 e. The van der Waals surface area contributed by atoms with Gasteiger partial charge in [-0.25, -0.2) is 0 Å². The highest BCUT2D eigenvalue weighted by atomic mass is 16.5. The minimum Gasteiger partial charge on any atom is -0.396 e. The van der Waals surface area contributed by atoms with Crippen molar-refractivity contribution in [1.82, 2.24) is 10.1 Å². The molecule has 0 fully saturated rings. The molecule has 0 aliphatic heterocycles. The summed E-state index contributed by atoms with van der Waals surface area (Å²) in [5, 5.41) is 12.7. The molecule has 1 amide bonds. The highest BCUT2D eigenvalue weighted by molar-refractivity contribution is 5.93. The van der Waals surface area contributed by atoms with Gasteiger partial charge in [0.15, 0.2) is 11.5 Å². The van der Waals surface area contributed by atoms with Crippen molar-refractivity contribution in [2.75, 3.05) is 19.7 Å². The Kier molecular flexibility index (Phi) is 4.90. The Bertz CT molecular complexity index is 551. The number of nitrogens with zero attached hydrogens (tertiary/aromatic N) is 2. The molecule has 106 valence electrons. The molecule has 0 saturated carbocycles. The van der Waals surface area contributed by atoms with Crippen molar-refractivity contribution >= 4 is 5.91 Å². The third-order valence-corrected chi connectivity index (χ3v) is 3.04. The van der Waals surface area contributed by atoms with Gasteiger partial charge in [0.2, 0.25) is 0 Å². The summed E-state index contributed by atoms with van der Waals surface area (Å²) in [5.74, 6) is 0.402. The van der Waals surface area contributed by atoms with Crippen LogP contribution in [0, 0.1) is 0 Å². The van der Waals surface area contributed by atoms with E-state index in [4.69, 9.17) is 9.63 Å². The van der Waals surface area contributed by atoms with Crippen LogP contribution < -0.4 is 0 Å². The van der Waals surface area contributed by atoms with E-state index in [1.807, 2.05) is 37.3 Å². The molecule has 0 unspecified atom stereocenters. The maximum absolute atomic E-state index is 12.2. The zero-order valence-corrected chi connectivity index (χ0v) is 11.5.